The second-order valence-corrected chi connectivity index (χ2v) is 6.38. The van der Waals surface area contributed by atoms with Gasteiger partial charge in [0.15, 0.2) is 5.78 Å². The third-order valence-electron chi connectivity index (χ3n) is 4.19. The number of nitrogens with one attached hydrogen (secondary N) is 2. The summed E-state index contributed by atoms with van der Waals surface area (Å²) >= 11 is 0. The van der Waals surface area contributed by atoms with Gasteiger partial charge in [-0.1, -0.05) is 72.3 Å². The number of aryl methyl sites for hydroxylation is 1. The highest BCUT2D eigenvalue weighted by Gasteiger charge is 2.15. The highest BCUT2D eigenvalue weighted by Crippen LogP contribution is 2.21. The van der Waals surface area contributed by atoms with E-state index in [4.69, 9.17) is 0 Å². The first-order valence-corrected chi connectivity index (χ1v) is 8.88. The Kier molecular flexibility index (Phi) is 6.13. The molecule has 3 aromatic rings. The highest BCUT2D eigenvalue weighted by atomic mass is 16.2. The van der Waals surface area contributed by atoms with Crippen LogP contribution in [0, 0.1) is 6.92 Å². The molecule has 2 N–H and O–H groups in total. The first kappa shape index (κ1) is 18.5. The van der Waals surface area contributed by atoms with E-state index in [0.29, 0.717) is 23.4 Å². The van der Waals surface area contributed by atoms with Crippen LogP contribution < -0.4 is 10.6 Å². The number of ketones is 1. The molecule has 136 valence electrons. The van der Waals surface area contributed by atoms with Crippen molar-refractivity contribution < 1.29 is 9.59 Å². The predicted octanol–water partition coefficient (Wildman–Crippen LogP) is 3.95. The number of amides is 1. The fourth-order valence-corrected chi connectivity index (χ4v) is 2.81. The largest absolute Gasteiger partial charge is 0.324 e. The summed E-state index contributed by atoms with van der Waals surface area (Å²) in [7, 11) is 0. The summed E-state index contributed by atoms with van der Waals surface area (Å²) in [5.41, 5.74) is 3.70. The lowest BCUT2D eigenvalue weighted by Crippen LogP contribution is -2.28. The molecule has 0 saturated carbocycles. The van der Waals surface area contributed by atoms with Crippen LogP contribution in [0.5, 0.6) is 0 Å². The van der Waals surface area contributed by atoms with Crippen molar-refractivity contribution in [1.29, 1.82) is 0 Å². The van der Waals surface area contributed by atoms with Crippen molar-refractivity contribution in [2.75, 3.05) is 11.9 Å². The van der Waals surface area contributed by atoms with Gasteiger partial charge in [-0.2, -0.15) is 0 Å². The van der Waals surface area contributed by atoms with Gasteiger partial charge in [-0.05, 0) is 24.6 Å². The van der Waals surface area contributed by atoms with E-state index in [9.17, 15) is 9.59 Å². The first-order chi connectivity index (χ1) is 13.1. The molecule has 0 unspecified atom stereocenters. The van der Waals surface area contributed by atoms with E-state index in [0.717, 1.165) is 11.1 Å². The number of hydrogen-bond acceptors (Lipinski definition) is 3. The minimum absolute atomic E-state index is 0.105. The van der Waals surface area contributed by atoms with Crippen LogP contribution >= 0.6 is 0 Å². The van der Waals surface area contributed by atoms with Crippen LogP contribution in [0.25, 0.3) is 0 Å². The molecule has 3 rings (SSSR count). The van der Waals surface area contributed by atoms with Crippen molar-refractivity contribution in [3.05, 3.63) is 101 Å². The second-order valence-electron chi connectivity index (χ2n) is 6.38. The lowest BCUT2D eigenvalue weighted by molar-refractivity contribution is -0.115. The van der Waals surface area contributed by atoms with Crippen LogP contribution in [0.4, 0.5) is 5.69 Å². The number of anilines is 1. The molecule has 0 spiro atoms. The van der Waals surface area contributed by atoms with E-state index in [1.54, 1.807) is 18.2 Å². The number of carbonyl (C=O) groups excluding carboxylic acids is 2. The van der Waals surface area contributed by atoms with Crippen molar-refractivity contribution in [3.63, 3.8) is 0 Å². The molecule has 0 aromatic heterocycles. The van der Waals surface area contributed by atoms with E-state index in [-0.39, 0.29) is 18.2 Å². The van der Waals surface area contributed by atoms with Gasteiger partial charge >= 0.3 is 0 Å². The quantitative estimate of drug-likeness (QED) is 0.629. The second kappa shape index (κ2) is 8.92. The van der Waals surface area contributed by atoms with Gasteiger partial charge in [0, 0.05) is 17.7 Å². The zero-order valence-corrected chi connectivity index (χ0v) is 15.2. The maximum Gasteiger partial charge on any atom is 0.238 e. The lowest BCUT2D eigenvalue weighted by atomic mass is 9.99. The average molecular weight is 358 g/mol. The SMILES string of the molecule is Cc1ccc(NC(=O)CNCc2ccccc2)c(C(=O)c2ccccc2)c1. The van der Waals surface area contributed by atoms with Gasteiger partial charge in [0.25, 0.3) is 0 Å². The van der Waals surface area contributed by atoms with Gasteiger partial charge < -0.3 is 10.6 Å². The van der Waals surface area contributed by atoms with E-state index < -0.39 is 0 Å². The van der Waals surface area contributed by atoms with Crippen LogP contribution in [-0.4, -0.2) is 18.2 Å². The normalized spacial score (nSPS) is 10.4. The van der Waals surface area contributed by atoms with Crippen LogP contribution in [0.2, 0.25) is 0 Å². The standard InChI is InChI=1S/C23H22N2O2/c1-17-12-13-21(20(14-17)23(27)19-10-6-3-7-11-19)25-22(26)16-24-15-18-8-4-2-5-9-18/h2-14,24H,15-16H2,1H3,(H,25,26). The van der Waals surface area contributed by atoms with E-state index in [2.05, 4.69) is 10.6 Å². The first-order valence-electron chi connectivity index (χ1n) is 8.88. The molecule has 0 saturated heterocycles. The number of carbonyl (C=O) groups is 2. The summed E-state index contributed by atoms with van der Waals surface area (Å²) < 4.78 is 0. The Bertz CT molecular complexity index is 922. The zero-order chi connectivity index (χ0) is 19.1. The van der Waals surface area contributed by atoms with Crippen LogP contribution in [0.1, 0.15) is 27.0 Å². The Labute approximate surface area is 159 Å². The molecule has 27 heavy (non-hydrogen) atoms. The van der Waals surface area contributed by atoms with Crippen LogP contribution in [0.3, 0.4) is 0 Å². The summed E-state index contributed by atoms with van der Waals surface area (Å²) in [6.45, 7) is 2.70. The maximum absolute atomic E-state index is 12.8. The van der Waals surface area contributed by atoms with Gasteiger partial charge in [-0.15, -0.1) is 0 Å². The Balaban J connectivity index is 1.67. The molecule has 0 fully saturated rings. The Hall–Kier alpha value is -3.24. The minimum atomic E-state index is -0.183. The van der Waals surface area contributed by atoms with Crippen molar-refractivity contribution in [2.24, 2.45) is 0 Å². The van der Waals surface area contributed by atoms with Crippen LogP contribution in [0.15, 0.2) is 78.9 Å². The molecule has 3 aromatic carbocycles. The summed E-state index contributed by atoms with van der Waals surface area (Å²) in [4.78, 5) is 25.1. The van der Waals surface area contributed by atoms with E-state index in [1.807, 2.05) is 67.6 Å². The average Bonchev–Trinajstić information content (AvgIpc) is 2.70. The summed E-state index contributed by atoms with van der Waals surface area (Å²) in [5, 5.41) is 5.97. The Morgan fingerprint density at radius 1 is 0.852 bits per heavy atom. The van der Waals surface area contributed by atoms with Crippen molar-refractivity contribution in [3.8, 4) is 0 Å². The number of rotatable bonds is 7. The van der Waals surface area contributed by atoms with Gasteiger partial charge in [-0.3, -0.25) is 9.59 Å². The molecule has 0 radical (unpaired) electrons. The summed E-state index contributed by atoms with van der Waals surface area (Å²) in [6.07, 6.45) is 0. The third-order valence-corrected chi connectivity index (χ3v) is 4.19. The zero-order valence-electron chi connectivity index (χ0n) is 15.2. The Morgan fingerprint density at radius 3 is 2.22 bits per heavy atom. The molecule has 4 heteroatoms. The van der Waals surface area contributed by atoms with Crippen molar-refractivity contribution >= 4 is 17.4 Å². The molecule has 0 aliphatic rings. The maximum atomic E-state index is 12.8. The summed E-state index contributed by atoms with van der Waals surface area (Å²) in [5.74, 6) is -0.288. The predicted molar refractivity (Wildman–Crippen MR) is 108 cm³/mol. The lowest BCUT2D eigenvalue weighted by Gasteiger charge is -2.12. The molecule has 0 atom stereocenters. The van der Waals surface area contributed by atoms with Crippen molar-refractivity contribution in [2.45, 2.75) is 13.5 Å². The molecular weight excluding hydrogens is 336 g/mol. The number of hydrogen-bond donors (Lipinski definition) is 2. The highest BCUT2D eigenvalue weighted by molar-refractivity contribution is 6.14. The monoisotopic (exact) mass is 358 g/mol. The Morgan fingerprint density at radius 2 is 1.52 bits per heavy atom. The molecule has 0 aliphatic carbocycles. The molecule has 4 nitrogen and oxygen atoms in total. The minimum Gasteiger partial charge on any atom is -0.324 e. The van der Waals surface area contributed by atoms with Gasteiger partial charge in [0.2, 0.25) is 5.91 Å². The van der Waals surface area contributed by atoms with E-state index in [1.165, 1.54) is 0 Å². The fraction of sp³-hybridized carbons (Fsp3) is 0.130. The summed E-state index contributed by atoms with van der Waals surface area (Å²) in [6, 6.07) is 24.4. The van der Waals surface area contributed by atoms with Crippen LogP contribution in [-0.2, 0) is 11.3 Å². The topological polar surface area (TPSA) is 58.2 Å². The molecular formula is C23H22N2O2. The number of benzene rings is 3. The molecule has 0 bridgehead atoms. The third kappa shape index (κ3) is 5.12. The van der Waals surface area contributed by atoms with E-state index >= 15 is 0 Å². The smallest absolute Gasteiger partial charge is 0.238 e. The molecule has 0 heterocycles. The van der Waals surface area contributed by atoms with Gasteiger partial charge in [0.05, 0.1) is 12.2 Å². The van der Waals surface area contributed by atoms with Crippen molar-refractivity contribution in [1.82, 2.24) is 5.32 Å². The van der Waals surface area contributed by atoms with Gasteiger partial charge in [-0.25, -0.2) is 0 Å². The molecule has 1 amide bonds. The molecule has 0 aliphatic heterocycles. The van der Waals surface area contributed by atoms with Gasteiger partial charge in [0.1, 0.15) is 0 Å². The fourth-order valence-electron chi connectivity index (χ4n) is 2.81.